The van der Waals surface area contributed by atoms with Gasteiger partial charge in [-0.25, -0.2) is 4.39 Å². The zero-order valence-electron chi connectivity index (χ0n) is 15.5. The molecule has 0 saturated carbocycles. The lowest BCUT2D eigenvalue weighted by Crippen LogP contribution is -2.20. The molecule has 2 aromatic carbocycles. The molecule has 1 amide bonds. The van der Waals surface area contributed by atoms with Gasteiger partial charge in [-0.1, -0.05) is 15.9 Å². The molecule has 150 valence electrons. The number of amides is 1. The molecule has 0 unspecified atom stereocenters. The predicted molar refractivity (Wildman–Crippen MR) is 110 cm³/mol. The fourth-order valence-corrected chi connectivity index (χ4v) is 2.77. The first-order valence-corrected chi connectivity index (χ1v) is 9.42. The van der Waals surface area contributed by atoms with Gasteiger partial charge in [0.1, 0.15) is 6.61 Å². The second kappa shape index (κ2) is 9.88. The highest BCUT2D eigenvalue weighted by atomic mass is 79.9. The molecule has 29 heavy (non-hydrogen) atoms. The third kappa shape index (κ3) is 5.92. The summed E-state index contributed by atoms with van der Waals surface area (Å²) in [5, 5.41) is 2.69. The van der Waals surface area contributed by atoms with Crippen molar-refractivity contribution in [3.8, 4) is 17.2 Å². The molecule has 0 radical (unpaired) electrons. The molecule has 1 aromatic heterocycles. The number of carbonyl (C=O) groups is 1. The Bertz CT molecular complexity index is 986. The molecular formula is C21H18BrFN2O4. The van der Waals surface area contributed by atoms with Gasteiger partial charge < -0.3 is 19.5 Å². The average Bonchev–Trinajstić information content (AvgIpc) is 2.72. The summed E-state index contributed by atoms with van der Waals surface area (Å²) >= 11 is 3.17. The minimum atomic E-state index is -0.552. The number of aromatic nitrogens is 1. The van der Waals surface area contributed by atoms with Crippen LogP contribution in [0.5, 0.6) is 17.2 Å². The Hall–Kier alpha value is -3.13. The van der Waals surface area contributed by atoms with E-state index in [-0.39, 0.29) is 12.4 Å². The number of hydrogen-bond acceptors (Lipinski definition) is 5. The van der Waals surface area contributed by atoms with Crippen LogP contribution in [0.3, 0.4) is 0 Å². The van der Waals surface area contributed by atoms with Crippen molar-refractivity contribution in [3.05, 3.63) is 76.8 Å². The normalized spacial score (nSPS) is 10.3. The number of rotatable bonds is 8. The van der Waals surface area contributed by atoms with Crippen LogP contribution in [0.4, 0.5) is 10.1 Å². The summed E-state index contributed by atoms with van der Waals surface area (Å²) in [6.07, 6.45) is 3.36. The van der Waals surface area contributed by atoms with Crippen molar-refractivity contribution in [2.24, 2.45) is 0 Å². The number of ether oxygens (including phenoxy) is 3. The van der Waals surface area contributed by atoms with Crippen LogP contribution in [0.1, 0.15) is 5.56 Å². The molecule has 0 atom stereocenters. The van der Waals surface area contributed by atoms with Crippen LogP contribution in [-0.4, -0.2) is 24.6 Å². The van der Waals surface area contributed by atoms with Crippen molar-refractivity contribution < 1.29 is 23.4 Å². The van der Waals surface area contributed by atoms with Gasteiger partial charge >= 0.3 is 0 Å². The van der Waals surface area contributed by atoms with E-state index in [0.29, 0.717) is 28.3 Å². The number of nitrogens with zero attached hydrogens (tertiary/aromatic N) is 1. The molecule has 0 aliphatic carbocycles. The molecule has 0 fully saturated rings. The average molecular weight is 461 g/mol. The molecule has 3 rings (SSSR count). The molecule has 6 nitrogen and oxygen atoms in total. The van der Waals surface area contributed by atoms with Crippen molar-refractivity contribution in [2.75, 3.05) is 19.0 Å². The van der Waals surface area contributed by atoms with Crippen molar-refractivity contribution in [1.82, 2.24) is 4.98 Å². The highest BCUT2D eigenvalue weighted by molar-refractivity contribution is 9.10. The molecular weight excluding hydrogens is 443 g/mol. The zero-order valence-corrected chi connectivity index (χ0v) is 17.1. The summed E-state index contributed by atoms with van der Waals surface area (Å²) < 4.78 is 30.7. The third-order valence-electron chi connectivity index (χ3n) is 3.84. The highest BCUT2D eigenvalue weighted by Crippen LogP contribution is 2.31. The monoisotopic (exact) mass is 460 g/mol. The first-order valence-electron chi connectivity index (χ1n) is 8.62. The van der Waals surface area contributed by atoms with Crippen LogP contribution < -0.4 is 19.5 Å². The first kappa shape index (κ1) is 20.6. The Morgan fingerprint density at radius 2 is 1.79 bits per heavy atom. The van der Waals surface area contributed by atoms with E-state index in [1.807, 2.05) is 12.1 Å². The number of methoxy groups -OCH3 is 1. The molecule has 8 heteroatoms. The lowest BCUT2D eigenvalue weighted by atomic mass is 10.2. The van der Waals surface area contributed by atoms with E-state index in [4.69, 9.17) is 14.2 Å². The predicted octanol–water partition coefficient (Wildman–Crippen LogP) is 4.59. The summed E-state index contributed by atoms with van der Waals surface area (Å²) in [6, 6.07) is 13.1. The van der Waals surface area contributed by atoms with Gasteiger partial charge in [-0.05, 0) is 48.0 Å². The molecule has 0 spiro atoms. The van der Waals surface area contributed by atoms with Crippen LogP contribution >= 0.6 is 15.9 Å². The van der Waals surface area contributed by atoms with Gasteiger partial charge in [0.25, 0.3) is 5.91 Å². The zero-order chi connectivity index (χ0) is 20.6. The van der Waals surface area contributed by atoms with E-state index in [0.717, 1.165) is 5.56 Å². The number of hydrogen-bond donors (Lipinski definition) is 1. The quantitative estimate of drug-likeness (QED) is 0.532. The minimum Gasteiger partial charge on any atom is -0.493 e. The highest BCUT2D eigenvalue weighted by Gasteiger charge is 2.11. The van der Waals surface area contributed by atoms with E-state index in [1.54, 1.807) is 36.7 Å². The van der Waals surface area contributed by atoms with Crippen LogP contribution in [0.25, 0.3) is 0 Å². The molecule has 3 aromatic rings. The Labute approximate surface area is 175 Å². The SMILES string of the molecule is COc1ccc(NC(=O)COc2ccc(Br)cc2F)cc1OCc1ccncc1. The van der Waals surface area contributed by atoms with Crippen molar-refractivity contribution in [2.45, 2.75) is 6.61 Å². The van der Waals surface area contributed by atoms with Gasteiger partial charge in [-0.3, -0.25) is 9.78 Å². The lowest BCUT2D eigenvalue weighted by molar-refractivity contribution is -0.118. The summed E-state index contributed by atoms with van der Waals surface area (Å²) in [5.41, 5.74) is 1.45. The molecule has 1 N–H and O–H groups in total. The van der Waals surface area contributed by atoms with Crippen molar-refractivity contribution in [3.63, 3.8) is 0 Å². The van der Waals surface area contributed by atoms with Crippen molar-refractivity contribution >= 4 is 27.5 Å². The molecule has 0 aliphatic heterocycles. The van der Waals surface area contributed by atoms with E-state index in [1.165, 1.54) is 19.2 Å². The van der Waals surface area contributed by atoms with Gasteiger partial charge in [0.2, 0.25) is 0 Å². The number of anilines is 1. The Morgan fingerprint density at radius 3 is 2.52 bits per heavy atom. The molecule has 0 saturated heterocycles. The summed E-state index contributed by atoms with van der Waals surface area (Å²) in [6.45, 7) is -0.0139. The Balaban J connectivity index is 1.61. The summed E-state index contributed by atoms with van der Waals surface area (Å²) in [4.78, 5) is 16.1. The van der Waals surface area contributed by atoms with Crippen LogP contribution in [0, 0.1) is 5.82 Å². The molecule has 0 aliphatic rings. The standard InChI is InChI=1S/C21H18BrFN2O4/c1-27-19-5-3-16(11-20(19)28-12-14-6-8-24-9-7-14)25-21(26)13-29-18-4-2-15(22)10-17(18)23/h2-11H,12-13H2,1H3,(H,25,26). The topological polar surface area (TPSA) is 69.7 Å². The van der Waals surface area contributed by atoms with Crippen LogP contribution in [0.15, 0.2) is 65.4 Å². The van der Waals surface area contributed by atoms with E-state index < -0.39 is 11.7 Å². The maximum Gasteiger partial charge on any atom is 0.262 e. The maximum absolute atomic E-state index is 13.8. The first-order chi connectivity index (χ1) is 14.0. The summed E-state index contributed by atoms with van der Waals surface area (Å²) in [7, 11) is 1.54. The fraction of sp³-hybridized carbons (Fsp3) is 0.143. The Morgan fingerprint density at radius 1 is 1.03 bits per heavy atom. The smallest absolute Gasteiger partial charge is 0.262 e. The lowest BCUT2D eigenvalue weighted by Gasteiger charge is -2.13. The maximum atomic E-state index is 13.8. The largest absolute Gasteiger partial charge is 0.493 e. The van der Waals surface area contributed by atoms with Crippen LogP contribution in [0.2, 0.25) is 0 Å². The van der Waals surface area contributed by atoms with Gasteiger partial charge in [0, 0.05) is 28.6 Å². The number of pyridine rings is 1. The Kier molecular flexibility index (Phi) is 7.02. The number of benzene rings is 2. The van der Waals surface area contributed by atoms with E-state index in [2.05, 4.69) is 26.2 Å². The molecule has 1 heterocycles. The van der Waals surface area contributed by atoms with E-state index in [9.17, 15) is 9.18 Å². The van der Waals surface area contributed by atoms with Gasteiger partial charge in [0.05, 0.1) is 7.11 Å². The number of nitrogens with one attached hydrogen (secondary N) is 1. The summed E-state index contributed by atoms with van der Waals surface area (Å²) in [5.74, 6) is 0.0210. The third-order valence-corrected chi connectivity index (χ3v) is 4.34. The number of halogens is 2. The van der Waals surface area contributed by atoms with Crippen LogP contribution in [-0.2, 0) is 11.4 Å². The number of carbonyl (C=O) groups excluding carboxylic acids is 1. The molecule has 0 bridgehead atoms. The van der Waals surface area contributed by atoms with E-state index >= 15 is 0 Å². The second-order valence-electron chi connectivity index (χ2n) is 5.92. The van der Waals surface area contributed by atoms with Gasteiger partial charge in [-0.2, -0.15) is 0 Å². The van der Waals surface area contributed by atoms with Gasteiger partial charge in [0.15, 0.2) is 29.7 Å². The second-order valence-corrected chi connectivity index (χ2v) is 6.84. The fourth-order valence-electron chi connectivity index (χ4n) is 2.44. The van der Waals surface area contributed by atoms with Gasteiger partial charge in [-0.15, -0.1) is 0 Å². The van der Waals surface area contributed by atoms with Crippen molar-refractivity contribution in [1.29, 1.82) is 0 Å². The minimum absolute atomic E-state index is 0.000505.